The number of hydrogen-bond acceptors (Lipinski definition) is 6. The smallest absolute Gasteiger partial charge is 0.328 e. The third kappa shape index (κ3) is 2.72. The third-order valence-electron chi connectivity index (χ3n) is 3.35. The molecule has 9 heteroatoms. The Hall–Kier alpha value is -2.26. The van der Waals surface area contributed by atoms with Crippen molar-refractivity contribution in [2.75, 3.05) is 19.8 Å². The zero-order valence-corrected chi connectivity index (χ0v) is 12.6. The van der Waals surface area contributed by atoms with Gasteiger partial charge in [-0.3, -0.25) is 9.48 Å². The number of ether oxygens (including phenoxy) is 1. The number of carbonyl (C=O) groups excluding carboxylic acids is 1. The van der Waals surface area contributed by atoms with E-state index in [1.165, 1.54) is 16.2 Å². The molecule has 1 aliphatic rings. The summed E-state index contributed by atoms with van der Waals surface area (Å²) in [4.78, 5) is 29.3. The summed E-state index contributed by atoms with van der Waals surface area (Å²) in [5, 5.41) is 15.6. The molecule has 1 N–H and O–H groups in total. The third-order valence-corrected chi connectivity index (χ3v) is 4.24. The number of thiazole rings is 1. The van der Waals surface area contributed by atoms with Crippen LogP contribution in [-0.2, 0) is 16.6 Å². The zero-order chi connectivity index (χ0) is 15.7. The first kappa shape index (κ1) is 14.7. The van der Waals surface area contributed by atoms with Gasteiger partial charge in [-0.15, -0.1) is 11.3 Å². The normalized spacial score (nSPS) is 18.4. The lowest BCUT2D eigenvalue weighted by molar-refractivity contribution is -0.147. The lowest BCUT2D eigenvalue weighted by Crippen LogP contribution is -2.52. The maximum atomic E-state index is 12.5. The van der Waals surface area contributed by atoms with Gasteiger partial charge in [-0.05, 0) is 0 Å². The fraction of sp³-hybridized carbons (Fsp3) is 0.385. The first-order chi connectivity index (χ1) is 10.6. The van der Waals surface area contributed by atoms with Crippen LogP contribution in [-0.4, -0.2) is 62.4 Å². The van der Waals surface area contributed by atoms with E-state index < -0.39 is 12.0 Å². The number of aliphatic carboxylic acids is 1. The molecule has 1 atom stereocenters. The molecule has 116 valence electrons. The summed E-state index contributed by atoms with van der Waals surface area (Å²) in [6, 6.07) is -0.968. The molecule has 0 radical (unpaired) electrons. The Morgan fingerprint density at radius 3 is 3.00 bits per heavy atom. The van der Waals surface area contributed by atoms with Crippen LogP contribution in [0, 0.1) is 0 Å². The van der Waals surface area contributed by atoms with E-state index in [0.717, 1.165) is 5.56 Å². The van der Waals surface area contributed by atoms with Crippen molar-refractivity contribution in [3.8, 4) is 10.6 Å². The molecule has 1 fully saturated rings. The fourth-order valence-corrected chi connectivity index (χ4v) is 3.00. The van der Waals surface area contributed by atoms with Gasteiger partial charge in [-0.1, -0.05) is 0 Å². The molecule has 0 unspecified atom stereocenters. The van der Waals surface area contributed by atoms with Gasteiger partial charge in [0.2, 0.25) is 0 Å². The maximum Gasteiger partial charge on any atom is 0.328 e. The zero-order valence-electron chi connectivity index (χ0n) is 11.8. The highest BCUT2D eigenvalue weighted by Crippen LogP contribution is 2.24. The van der Waals surface area contributed by atoms with E-state index in [4.69, 9.17) is 4.74 Å². The molecule has 3 heterocycles. The monoisotopic (exact) mass is 322 g/mol. The topological polar surface area (TPSA) is 97.6 Å². The second kappa shape index (κ2) is 5.85. The van der Waals surface area contributed by atoms with Gasteiger partial charge in [0.1, 0.15) is 10.7 Å². The molecule has 3 rings (SSSR count). The van der Waals surface area contributed by atoms with Crippen LogP contribution in [0.25, 0.3) is 10.6 Å². The molecule has 22 heavy (non-hydrogen) atoms. The van der Waals surface area contributed by atoms with Crippen molar-refractivity contribution >= 4 is 23.2 Å². The number of nitrogens with zero attached hydrogens (tertiary/aromatic N) is 4. The van der Waals surface area contributed by atoms with Crippen LogP contribution >= 0.6 is 11.3 Å². The van der Waals surface area contributed by atoms with Crippen molar-refractivity contribution in [1.29, 1.82) is 0 Å². The van der Waals surface area contributed by atoms with Gasteiger partial charge >= 0.3 is 5.97 Å². The second-order valence-corrected chi connectivity index (χ2v) is 5.73. The SMILES string of the molecule is Cn1cc(-c2nc(C(=O)N3CCOC[C@H]3C(=O)O)cs2)cn1. The van der Waals surface area contributed by atoms with Crippen LogP contribution in [0.4, 0.5) is 0 Å². The lowest BCUT2D eigenvalue weighted by Gasteiger charge is -2.32. The molecular formula is C13H14N4O4S. The van der Waals surface area contributed by atoms with Crippen molar-refractivity contribution in [3.05, 3.63) is 23.5 Å². The first-order valence-electron chi connectivity index (χ1n) is 6.62. The first-order valence-corrected chi connectivity index (χ1v) is 7.50. The largest absolute Gasteiger partial charge is 0.480 e. The Morgan fingerprint density at radius 2 is 2.32 bits per heavy atom. The molecule has 0 aromatic carbocycles. The van der Waals surface area contributed by atoms with Crippen molar-refractivity contribution in [1.82, 2.24) is 19.7 Å². The minimum Gasteiger partial charge on any atom is -0.480 e. The molecule has 2 aromatic rings. The summed E-state index contributed by atoms with van der Waals surface area (Å²) in [5.74, 6) is -1.46. The predicted molar refractivity (Wildman–Crippen MR) is 77.6 cm³/mol. The van der Waals surface area contributed by atoms with E-state index in [2.05, 4.69) is 10.1 Å². The number of aromatic nitrogens is 3. The van der Waals surface area contributed by atoms with Crippen LogP contribution in [0.15, 0.2) is 17.8 Å². The number of hydrogen-bond donors (Lipinski definition) is 1. The molecule has 0 bridgehead atoms. The second-order valence-electron chi connectivity index (χ2n) is 4.87. The Kier molecular flexibility index (Phi) is 3.90. The van der Waals surface area contributed by atoms with E-state index in [1.54, 1.807) is 23.3 Å². The fourth-order valence-electron chi connectivity index (χ4n) is 2.23. The molecule has 1 saturated heterocycles. The average Bonchev–Trinajstić information content (AvgIpc) is 3.15. The number of aryl methyl sites for hydroxylation is 1. The molecule has 8 nitrogen and oxygen atoms in total. The summed E-state index contributed by atoms with van der Waals surface area (Å²) in [7, 11) is 1.80. The van der Waals surface area contributed by atoms with Crippen molar-refractivity contribution < 1.29 is 19.4 Å². The Bertz CT molecular complexity index is 710. The molecule has 0 spiro atoms. The highest BCUT2D eigenvalue weighted by Gasteiger charge is 2.34. The molecular weight excluding hydrogens is 308 g/mol. The lowest BCUT2D eigenvalue weighted by atomic mass is 10.2. The summed E-state index contributed by atoms with van der Waals surface area (Å²) in [5.41, 5.74) is 1.07. The molecule has 0 saturated carbocycles. The van der Waals surface area contributed by atoms with E-state index in [-0.39, 0.29) is 24.8 Å². The van der Waals surface area contributed by atoms with Gasteiger partial charge in [0.05, 0.1) is 19.4 Å². The van der Waals surface area contributed by atoms with E-state index >= 15 is 0 Å². The van der Waals surface area contributed by atoms with Crippen LogP contribution in [0.5, 0.6) is 0 Å². The maximum absolute atomic E-state index is 12.5. The molecule has 2 aromatic heterocycles. The van der Waals surface area contributed by atoms with Crippen LogP contribution in [0.3, 0.4) is 0 Å². The van der Waals surface area contributed by atoms with E-state index in [1.807, 2.05) is 6.20 Å². The van der Waals surface area contributed by atoms with Crippen molar-refractivity contribution in [3.63, 3.8) is 0 Å². The number of carbonyl (C=O) groups is 2. The average molecular weight is 322 g/mol. The Balaban J connectivity index is 1.83. The Labute approximate surface area is 129 Å². The number of amides is 1. The van der Waals surface area contributed by atoms with Gasteiger partial charge in [0.15, 0.2) is 6.04 Å². The molecule has 1 amide bonds. The van der Waals surface area contributed by atoms with Crippen molar-refractivity contribution in [2.45, 2.75) is 6.04 Å². The summed E-state index contributed by atoms with van der Waals surface area (Å²) < 4.78 is 6.79. The van der Waals surface area contributed by atoms with Crippen LogP contribution in [0.2, 0.25) is 0 Å². The molecule has 0 aliphatic carbocycles. The van der Waals surface area contributed by atoms with Gasteiger partial charge in [-0.2, -0.15) is 5.10 Å². The van der Waals surface area contributed by atoms with E-state index in [0.29, 0.717) is 11.6 Å². The number of morpholine rings is 1. The van der Waals surface area contributed by atoms with Gasteiger partial charge in [-0.25, -0.2) is 9.78 Å². The van der Waals surface area contributed by atoms with Gasteiger partial charge in [0.25, 0.3) is 5.91 Å². The number of rotatable bonds is 3. The van der Waals surface area contributed by atoms with Crippen LogP contribution in [0.1, 0.15) is 10.5 Å². The van der Waals surface area contributed by atoms with Gasteiger partial charge < -0.3 is 14.7 Å². The number of carboxylic acid groups (broad SMARTS) is 1. The summed E-state index contributed by atoms with van der Waals surface area (Å²) >= 11 is 1.33. The Morgan fingerprint density at radius 1 is 1.50 bits per heavy atom. The summed E-state index contributed by atoms with van der Waals surface area (Å²) in [6.07, 6.45) is 3.48. The number of carboxylic acids is 1. The molecule has 1 aliphatic heterocycles. The quantitative estimate of drug-likeness (QED) is 0.882. The minimum atomic E-state index is -1.07. The highest BCUT2D eigenvalue weighted by molar-refractivity contribution is 7.13. The van der Waals surface area contributed by atoms with Gasteiger partial charge in [0, 0.05) is 30.7 Å². The van der Waals surface area contributed by atoms with Crippen LogP contribution < -0.4 is 0 Å². The van der Waals surface area contributed by atoms with E-state index in [9.17, 15) is 14.7 Å². The standard InChI is InChI=1S/C13H14N4O4S/c1-16-5-8(4-14-16)11-15-9(7-22-11)12(18)17-2-3-21-6-10(17)13(19)20/h4-5,7,10H,2-3,6H2,1H3,(H,19,20)/t10-/m0/s1. The predicted octanol–water partition coefficient (Wildman–Crippen LogP) is 0.469. The summed E-state index contributed by atoms with van der Waals surface area (Å²) in [6.45, 7) is 0.575. The van der Waals surface area contributed by atoms with Crippen molar-refractivity contribution in [2.24, 2.45) is 7.05 Å². The minimum absolute atomic E-state index is 0.000668. The highest BCUT2D eigenvalue weighted by atomic mass is 32.1.